The summed E-state index contributed by atoms with van der Waals surface area (Å²) in [6, 6.07) is 13.8. The van der Waals surface area contributed by atoms with Crippen molar-refractivity contribution >= 4 is 40.5 Å². The van der Waals surface area contributed by atoms with Crippen LogP contribution in [0.4, 0.5) is 19.7 Å². The molecule has 5 rings (SSSR count). The van der Waals surface area contributed by atoms with Gasteiger partial charge in [-0.25, -0.2) is 14.0 Å². The number of benzene rings is 2. The summed E-state index contributed by atoms with van der Waals surface area (Å²) in [6.07, 6.45) is 3.07. The van der Waals surface area contributed by atoms with Crippen molar-refractivity contribution in [1.82, 2.24) is 14.9 Å². The Morgan fingerprint density at radius 1 is 1.10 bits per heavy atom. The van der Waals surface area contributed by atoms with E-state index in [1.54, 1.807) is 56.7 Å². The minimum Gasteiger partial charge on any atom is -0.434 e. The van der Waals surface area contributed by atoms with Gasteiger partial charge in [-0.15, -0.1) is 0 Å². The molecule has 0 spiro atoms. The second-order valence-electron chi connectivity index (χ2n) is 10.3. The molecule has 2 aromatic heterocycles. The van der Waals surface area contributed by atoms with Gasteiger partial charge in [0, 0.05) is 47.7 Å². The van der Waals surface area contributed by atoms with Gasteiger partial charge in [0.05, 0.1) is 30.4 Å². The van der Waals surface area contributed by atoms with Crippen LogP contribution in [0.5, 0.6) is 5.75 Å². The molecule has 42 heavy (non-hydrogen) atoms. The van der Waals surface area contributed by atoms with Crippen molar-refractivity contribution in [2.24, 2.45) is 0 Å². The highest BCUT2D eigenvalue weighted by Gasteiger charge is 2.37. The Balaban J connectivity index is 1.53. The molecule has 0 saturated heterocycles. The Bertz CT molecular complexity index is 1680. The number of amides is 2. The number of aromatic nitrogens is 2. The number of pyridine rings is 1. The average molecular weight is 573 g/mol. The van der Waals surface area contributed by atoms with Crippen LogP contribution in [0, 0.1) is 5.82 Å². The Kier molecular flexibility index (Phi) is 7.66. The zero-order valence-corrected chi connectivity index (χ0v) is 23.5. The first-order valence-corrected chi connectivity index (χ1v) is 13.2. The fraction of sp³-hybridized carbons (Fsp3) is 0.226. The number of hydrogen-bond donors (Lipinski definition) is 1. The van der Waals surface area contributed by atoms with Crippen LogP contribution in [-0.4, -0.2) is 53.2 Å². The van der Waals surface area contributed by atoms with E-state index < -0.39 is 29.4 Å². The molecular formula is C31H29FN4O6. The van der Waals surface area contributed by atoms with Gasteiger partial charge in [-0.2, -0.15) is 0 Å². The molecule has 1 N–H and O–H groups in total. The van der Waals surface area contributed by atoms with Gasteiger partial charge < -0.3 is 24.1 Å². The van der Waals surface area contributed by atoms with Crippen LogP contribution in [0.2, 0.25) is 0 Å². The number of anilines is 1. The van der Waals surface area contributed by atoms with Crippen molar-refractivity contribution < 1.29 is 33.0 Å². The number of H-pyrrole nitrogens is 1. The highest BCUT2D eigenvalue weighted by Crippen LogP contribution is 2.41. The number of halogens is 1. The van der Waals surface area contributed by atoms with Crippen LogP contribution in [0.25, 0.3) is 16.7 Å². The Morgan fingerprint density at radius 3 is 2.55 bits per heavy atom. The third-order valence-corrected chi connectivity index (χ3v) is 6.85. The molecule has 4 aromatic rings. The number of ether oxygens (including phenoxy) is 3. The lowest BCUT2D eigenvalue weighted by molar-refractivity contribution is 0.0788. The number of carbonyl (C=O) groups excluding carboxylic acids is 3. The van der Waals surface area contributed by atoms with E-state index in [0.717, 1.165) is 10.9 Å². The maximum absolute atomic E-state index is 13.5. The van der Waals surface area contributed by atoms with E-state index in [2.05, 4.69) is 9.97 Å². The Labute approximate surface area is 241 Å². The summed E-state index contributed by atoms with van der Waals surface area (Å²) >= 11 is 0. The lowest BCUT2D eigenvalue weighted by Gasteiger charge is -2.29. The molecule has 0 fully saturated rings. The minimum absolute atomic E-state index is 0.0653. The lowest BCUT2D eigenvalue weighted by Crippen LogP contribution is -2.36. The van der Waals surface area contributed by atoms with Crippen molar-refractivity contribution in [3.63, 3.8) is 0 Å². The van der Waals surface area contributed by atoms with Gasteiger partial charge in [0.15, 0.2) is 5.76 Å². The topological polar surface area (TPSA) is 114 Å². The molecule has 0 aliphatic carbocycles. The number of nitrogens with zero attached hydrogens (tertiary/aromatic N) is 3. The van der Waals surface area contributed by atoms with Crippen LogP contribution < -0.4 is 9.64 Å². The van der Waals surface area contributed by atoms with Gasteiger partial charge in [0.1, 0.15) is 11.6 Å². The molecule has 0 radical (unpaired) electrons. The predicted molar refractivity (Wildman–Crippen MR) is 154 cm³/mol. The monoisotopic (exact) mass is 572 g/mol. The number of rotatable bonds is 5. The number of carbonyl (C=O) groups is 3. The maximum atomic E-state index is 13.5. The quantitative estimate of drug-likeness (QED) is 0.282. The van der Waals surface area contributed by atoms with Crippen LogP contribution in [0.3, 0.4) is 0 Å². The molecule has 10 nitrogen and oxygen atoms in total. The van der Waals surface area contributed by atoms with Gasteiger partial charge in [-0.05, 0) is 61.0 Å². The van der Waals surface area contributed by atoms with Crippen LogP contribution in [0.15, 0.2) is 73.2 Å². The summed E-state index contributed by atoms with van der Waals surface area (Å²) in [5.41, 5.74) is 2.07. The van der Waals surface area contributed by atoms with Gasteiger partial charge in [-0.1, -0.05) is 13.8 Å². The summed E-state index contributed by atoms with van der Waals surface area (Å²) in [5, 5.41) is 0.782. The number of hydrogen-bond acceptors (Lipinski definition) is 7. The zero-order valence-electron chi connectivity index (χ0n) is 23.5. The largest absolute Gasteiger partial charge is 0.513 e. The Morgan fingerprint density at radius 2 is 1.86 bits per heavy atom. The molecule has 0 saturated carbocycles. The summed E-state index contributed by atoms with van der Waals surface area (Å²) in [4.78, 5) is 48.8. The third-order valence-electron chi connectivity index (χ3n) is 6.85. The highest BCUT2D eigenvalue weighted by atomic mass is 19.1. The molecule has 3 heterocycles. The van der Waals surface area contributed by atoms with Crippen LogP contribution >= 0.6 is 0 Å². The van der Waals surface area contributed by atoms with E-state index in [4.69, 9.17) is 14.2 Å². The van der Waals surface area contributed by atoms with E-state index in [0.29, 0.717) is 22.6 Å². The molecular weight excluding hydrogens is 543 g/mol. The standard InChI is InChI=1S/C31H29FN4O6/c1-5-40-30(39)42-25-17-36(28(37)19-8-10-20(32)11-9-19)18-31(2,3)26-23-13-12-22(15-24(23)34-27(25)26)41-29(38)35(4)21-7-6-14-33-16-21/h6-17,34H,5,18H2,1-4H3. The van der Waals surface area contributed by atoms with E-state index in [1.807, 2.05) is 13.8 Å². The van der Waals surface area contributed by atoms with Gasteiger partial charge in [0.2, 0.25) is 0 Å². The van der Waals surface area contributed by atoms with Crippen molar-refractivity contribution in [2.45, 2.75) is 26.2 Å². The van der Waals surface area contributed by atoms with Crippen molar-refractivity contribution in [3.05, 3.63) is 95.8 Å². The fourth-order valence-corrected chi connectivity index (χ4v) is 4.91. The lowest BCUT2D eigenvalue weighted by atomic mass is 9.82. The molecule has 2 amide bonds. The van der Waals surface area contributed by atoms with E-state index in [-0.39, 0.29) is 24.5 Å². The average Bonchev–Trinajstić information content (AvgIpc) is 3.32. The predicted octanol–water partition coefficient (Wildman–Crippen LogP) is 6.24. The smallest absolute Gasteiger partial charge is 0.434 e. The van der Waals surface area contributed by atoms with Crippen molar-refractivity contribution in [3.8, 4) is 5.75 Å². The molecule has 0 unspecified atom stereocenters. The number of nitrogens with one attached hydrogen (secondary N) is 1. The second-order valence-corrected chi connectivity index (χ2v) is 10.3. The number of fused-ring (bicyclic) bond motifs is 3. The van der Waals surface area contributed by atoms with Gasteiger partial charge in [0.25, 0.3) is 5.91 Å². The van der Waals surface area contributed by atoms with Gasteiger partial charge in [-0.3, -0.25) is 14.7 Å². The first kappa shape index (κ1) is 28.3. The van der Waals surface area contributed by atoms with Crippen molar-refractivity contribution in [2.75, 3.05) is 25.1 Å². The molecule has 216 valence electrons. The summed E-state index contributed by atoms with van der Waals surface area (Å²) in [7, 11) is 1.58. The highest BCUT2D eigenvalue weighted by molar-refractivity contribution is 5.98. The van der Waals surface area contributed by atoms with E-state index >= 15 is 0 Å². The second kappa shape index (κ2) is 11.4. The SMILES string of the molecule is CCOC(=O)OC1=CN(C(=O)c2ccc(F)cc2)CC(C)(C)c2c1[nH]c1cc(OC(=O)N(C)c3cccnc3)ccc21. The summed E-state index contributed by atoms with van der Waals surface area (Å²) < 4.78 is 29.7. The first-order chi connectivity index (χ1) is 20.1. The molecule has 11 heteroatoms. The summed E-state index contributed by atoms with van der Waals surface area (Å²) in [5.74, 6) is -0.493. The normalized spacial score (nSPS) is 13.9. The maximum Gasteiger partial charge on any atom is 0.513 e. The fourth-order valence-electron chi connectivity index (χ4n) is 4.91. The molecule has 1 aliphatic rings. The summed E-state index contributed by atoms with van der Waals surface area (Å²) in [6.45, 7) is 5.88. The van der Waals surface area contributed by atoms with E-state index in [9.17, 15) is 18.8 Å². The molecule has 0 bridgehead atoms. The first-order valence-electron chi connectivity index (χ1n) is 13.2. The van der Waals surface area contributed by atoms with Crippen LogP contribution in [0.1, 0.15) is 42.4 Å². The van der Waals surface area contributed by atoms with E-state index in [1.165, 1.54) is 40.3 Å². The van der Waals surface area contributed by atoms with Gasteiger partial charge >= 0.3 is 12.2 Å². The molecule has 1 aliphatic heterocycles. The van der Waals surface area contributed by atoms with Crippen molar-refractivity contribution in [1.29, 1.82) is 0 Å². The van der Waals surface area contributed by atoms with Crippen LogP contribution in [-0.2, 0) is 14.9 Å². The molecule has 2 aromatic carbocycles. The molecule has 0 atom stereocenters. The minimum atomic E-state index is -0.935. The number of aromatic amines is 1. The third kappa shape index (κ3) is 5.67. The zero-order chi connectivity index (χ0) is 30.0. The Hall–Kier alpha value is -5.19.